The van der Waals surface area contributed by atoms with Crippen molar-refractivity contribution in [3.63, 3.8) is 0 Å². The van der Waals surface area contributed by atoms with Gasteiger partial charge in [0.15, 0.2) is 17.5 Å². The van der Waals surface area contributed by atoms with Crippen molar-refractivity contribution >= 4 is 54.5 Å². The highest BCUT2D eigenvalue weighted by Crippen LogP contribution is 2.44. The number of hydrogen-bond acceptors (Lipinski definition) is 4. The predicted molar refractivity (Wildman–Crippen MR) is 221 cm³/mol. The van der Waals surface area contributed by atoms with Crippen molar-refractivity contribution in [1.82, 2.24) is 19.5 Å². The van der Waals surface area contributed by atoms with Gasteiger partial charge in [-0.3, -0.25) is 0 Å². The van der Waals surface area contributed by atoms with Crippen LogP contribution in [0.5, 0.6) is 0 Å². The van der Waals surface area contributed by atoms with Gasteiger partial charge in [-0.1, -0.05) is 146 Å². The Balaban J connectivity index is 1.17. The third-order valence-electron chi connectivity index (χ3n) is 10.4. The molecule has 0 unspecified atom stereocenters. The Morgan fingerprint density at radius 2 is 0.963 bits per heavy atom. The first-order chi connectivity index (χ1) is 26.8. The van der Waals surface area contributed by atoms with Gasteiger partial charge in [-0.15, -0.1) is 0 Å². The smallest absolute Gasteiger partial charge is 0.167 e. The second kappa shape index (κ2) is 12.1. The minimum absolute atomic E-state index is 0.564. The molecule has 0 amide bonds. The van der Waals surface area contributed by atoms with Crippen LogP contribution in [0.15, 0.2) is 186 Å². The minimum Gasteiger partial charge on any atom is -0.455 e. The molecule has 252 valence electrons. The molecule has 0 bridgehead atoms. The van der Waals surface area contributed by atoms with E-state index in [1.54, 1.807) is 0 Å². The Hall–Kier alpha value is -7.37. The van der Waals surface area contributed by atoms with Crippen molar-refractivity contribution in [2.45, 2.75) is 0 Å². The second-order valence-electron chi connectivity index (χ2n) is 13.6. The Kier molecular flexibility index (Phi) is 6.79. The van der Waals surface area contributed by atoms with Crippen LogP contribution in [0.25, 0.3) is 105 Å². The lowest BCUT2D eigenvalue weighted by atomic mass is 9.97. The van der Waals surface area contributed by atoms with Gasteiger partial charge in [-0.25, -0.2) is 15.0 Å². The molecule has 0 saturated carbocycles. The lowest BCUT2D eigenvalue weighted by Gasteiger charge is -2.10. The van der Waals surface area contributed by atoms with Gasteiger partial charge in [0.2, 0.25) is 0 Å². The Morgan fingerprint density at radius 1 is 0.370 bits per heavy atom. The van der Waals surface area contributed by atoms with E-state index in [0.717, 1.165) is 71.7 Å². The lowest BCUT2D eigenvalue weighted by Crippen LogP contribution is -2.00. The van der Waals surface area contributed by atoms with E-state index in [2.05, 4.69) is 126 Å². The van der Waals surface area contributed by atoms with E-state index in [1.165, 1.54) is 16.3 Å². The number of hydrogen-bond donors (Lipinski definition) is 0. The first-order valence-corrected chi connectivity index (χ1v) is 18.1. The summed E-state index contributed by atoms with van der Waals surface area (Å²) in [7, 11) is 0. The van der Waals surface area contributed by atoms with Gasteiger partial charge in [0.1, 0.15) is 11.2 Å². The fourth-order valence-corrected chi connectivity index (χ4v) is 7.97. The average Bonchev–Trinajstić information content (AvgIpc) is 3.81. The fraction of sp³-hybridized carbons (Fsp3) is 0. The number of aromatic nitrogens is 4. The van der Waals surface area contributed by atoms with Gasteiger partial charge in [0.05, 0.1) is 16.6 Å². The maximum Gasteiger partial charge on any atom is 0.167 e. The summed E-state index contributed by atoms with van der Waals surface area (Å²) in [6, 6.07) is 63.2. The molecule has 8 aromatic carbocycles. The van der Waals surface area contributed by atoms with E-state index in [1.807, 2.05) is 60.7 Å². The summed E-state index contributed by atoms with van der Waals surface area (Å²) >= 11 is 0. The van der Waals surface area contributed by atoms with Crippen molar-refractivity contribution in [3.05, 3.63) is 182 Å². The highest BCUT2D eigenvalue weighted by molar-refractivity contribution is 6.24. The van der Waals surface area contributed by atoms with Gasteiger partial charge in [-0.05, 0) is 52.7 Å². The van der Waals surface area contributed by atoms with Crippen LogP contribution in [-0.2, 0) is 0 Å². The monoisotopic (exact) mass is 690 g/mol. The van der Waals surface area contributed by atoms with E-state index in [-0.39, 0.29) is 0 Å². The number of rotatable bonds is 5. The number of furan rings is 1. The molecule has 11 aromatic rings. The molecule has 3 heterocycles. The molecule has 0 radical (unpaired) electrons. The molecule has 0 aliphatic carbocycles. The molecule has 5 heteroatoms. The zero-order chi connectivity index (χ0) is 35.6. The molecular formula is C49H30N4O. The highest BCUT2D eigenvalue weighted by Gasteiger charge is 2.22. The Bertz CT molecular complexity index is 3140. The third kappa shape index (κ3) is 4.76. The number of para-hydroxylation sites is 3. The molecule has 54 heavy (non-hydrogen) atoms. The Labute approximate surface area is 310 Å². The molecule has 0 atom stereocenters. The summed E-state index contributed by atoms with van der Waals surface area (Å²) < 4.78 is 9.44. The normalized spacial score (nSPS) is 11.7. The van der Waals surface area contributed by atoms with Crippen LogP contribution in [0.1, 0.15) is 0 Å². The molecule has 11 rings (SSSR count). The van der Waals surface area contributed by atoms with Crippen molar-refractivity contribution < 1.29 is 4.42 Å². The molecular weight excluding hydrogens is 661 g/mol. The fourth-order valence-electron chi connectivity index (χ4n) is 7.97. The molecule has 3 aromatic heterocycles. The van der Waals surface area contributed by atoms with Crippen LogP contribution in [-0.4, -0.2) is 19.5 Å². The van der Waals surface area contributed by atoms with E-state index in [4.69, 9.17) is 19.4 Å². The molecule has 0 saturated heterocycles. The van der Waals surface area contributed by atoms with Crippen LogP contribution >= 0.6 is 0 Å². The average molecular weight is 691 g/mol. The highest BCUT2D eigenvalue weighted by atomic mass is 16.3. The summed E-state index contributed by atoms with van der Waals surface area (Å²) in [5.74, 6) is 1.79. The lowest BCUT2D eigenvalue weighted by molar-refractivity contribution is 0.671. The summed E-state index contributed by atoms with van der Waals surface area (Å²) in [4.78, 5) is 15.2. The van der Waals surface area contributed by atoms with Crippen LogP contribution in [0.2, 0.25) is 0 Å². The first kappa shape index (κ1) is 30.3. The second-order valence-corrected chi connectivity index (χ2v) is 13.6. The maximum atomic E-state index is 7.09. The van der Waals surface area contributed by atoms with Crippen molar-refractivity contribution in [2.24, 2.45) is 0 Å². The minimum atomic E-state index is 0.564. The van der Waals surface area contributed by atoms with Crippen LogP contribution in [0.3, 0.4) is 0 Å². The standard InChI is InChI=1S/C49H30N4O/c1-4-15-31(16-5-1)47-50-48(32-17-6-2-7-18-32)52-49(51-47)41-30-33-19-10-11-22-36(33)44-39-25-14-24-37(45(39)54-46(41)44)34-27-28-43-40(29-34)38-23-12-13-26-42(38)53(43)35-20-8-3-9-21-35/h1-30H. The zero-order valence-corrected chi connectivity index (χ0v) is 29.0. The van der Waals surface area contributed by atoms with Gasteiger partial charge in [0.25, 0.3) is 0 Å². The van der Waals surface area contributed by atoms with E-state index in [0.29, 0.717) is 17.5 Å². The molecule has 0 spiro atoms. The molecule has 5 nitrogen and oxygen atoms in total. The number of benzene rings is 8. The predicted octanol–water partition coefficient (Wildman–Crippen LogP) is 12.7. The van der Waals surface area contributed by atoms with Gasteiger partial charge >= 0.3 is 0 Å². The number of fused-ring (bicyclic) bond motifs is 8. The number of nitrogens with zero attached hydrogens (tertiary/aromatic N) is 4. The van der Waals surface area contributed by atoms with Crippen molar-refractivity contribution in [1.29, 1.82) is 0 Å². The van der Waals surface area contributed by atoms with Crippen molar-refractivity contribution in [3.8, 4) is 51.0 Å². The zero-order valence-electron chi connectivity index (χ0n) is 29.0. The van der Waals surface area contributed by atoms with Crippen molar-refractivity contribution in [2.75, 3.05) is 0 Å². The summed E-state index contributed by atoms with van der Waals surface area (Å²) in [5, 5.41) is 6.71. The first-order valence-electron chi connectivity index (χ1n) is 18.1. The van der Waals surface area contributed by atoms with E-state index in [9.17, 15) is 0 Å². The SMILES string of the molecule is c1ccc(-c2nc(-c3ccccc3)nc(-c3cc4ccccc4c4c3oc3c(-c5ccc6c(c5)c5ccccc5n6-c5ccccc5)cccc34)n2)cc1. The molecule has 0 fully saturated rings. The summed E-state index contributed by atoms with van der Waals surface area (Å²) in [5.41, 5.74) is 9.85. The van der Waals surface area contributed by atoms with E-state index < -0.39 is 0 Å². The molecule has 0 aliphatic rings. The quantitative estimate of drug-likeness (QED) is 0.180. The van der Waals surface area contributed by atoms with Gasteiger partial charge < -0.3 is 8.98 Å². The van der Waals surface area contributed by atoms with Crippen LogP contribution in [0.4, 0.5) is 0 Å². The summed E-state index contributed by atoms with van der Waals surface area (Å²) in [6.07, 6.45) is 0. The Morgan fingerprint density at radius 3 is 1.70 bits per heavy atom. The molecule has 0 aliphatic heterocycles. The molecule has 0 N–H and O–H groups in total. The topological polar surface area (TPSA) is 56.7 Å². The largest absolute Gasteiger partial charge is 0.455 e. The van der Waals surface area contributed by atoms with E-state index >= 15 is 0 Å². The van der Waals surface area contributed by atoms with Crippen LogP contribution in [0, 0.1) is 0 Å². The third-order valence-corrected chi connectivity index (χ3v) is 10.4. The van der Waals surface area contributed by atoms with Crippen LogP contribution < -0.4 is 0 Å². The summed E-state index contributed by atoms with van der Waals surface area (Å²) in [6.45, 7) is 0. The maximum absolute atomic E-state index is 7.09. The van der Waals surface area contributed by atoms with Gasteiger partial charge in [0, 0.05) is 43.9 Å². The van der Waals surface area contributed by atoms with Gasteiger partial charge in [-0.2, -0.15) is 0 Å².